The summed E-state index contributed by atoms with van der Waals surface area (Å²) in [6.07, 6.45) is 1.44. The van der Waals surface area contributed by atoms with E-state index in [0.29, 0.717) is 22.6 Å². The van der Waals surface area contributed by atoms with Gasteiger partial charge < -0.3 is 9.47 Å². The molecule has 1 unspecified atom stereocenters. The second kappa shape index (κ2) is 11.9. The molecule has 0 spiro atoms. The highest BCUT2D eigenvalue weighted by Gasteiger charge is 2.09. The van der Waals surface area contributed by atoms with Gasteiger partial charge in [0.25, 0.3) is 0 Å². The number of carbonyl (C=O) groups excluding carboxylic acids is 1. The highest BCUT2D eigenvalue weighted by atomic mass is 32.2. The largest absolute Gasteiger partial charge is 0.497 e. The number of carbonyl (C=O) groups is 1. The van der Waals surface area contributed by atoms with Crippen molar-refractivity contribution >= 4 is 16.9 Å². The van der Waals surface area contributed by atoms with Gasteiger partial charge in [0.05, 0.1) is 7.11 Å². The molecule has 0 saturated heterocycles. The van der Waals surface area contributed by atoms with Crippen LogP contribution >= 0.6 is 0 Å². The number of methoxy groups -OCH3 is 1. The van der Waals surface area contributed by atoms with Gasteiger partial charge in [-0.3, -0.25) is 4.79 Å². The molecule has 3 aromatic carbocycles. The molecular formula is C23H25NO5S. The molecule has 0 aliphatic carbocycles. The molecule has 0 aromatic heterocycles. The van der Waals surface area contributed by atoms with Crippen molar-refractivity contribution in [1.29, 1.82) is 0 Å². The van der Waals surface area contributed by atoms with Gasteiger partial charge in [-0.25, -0.2) is 8.49 Å². The van der Waals surface area contributed by atoms with Gasteiger partial charge in [-0.05, 0) is 55.5 Å². The molecule has 0 aliphatic rings. The lowest BCUT2D eigenvalue weighted by atomic mass is 10.0. The summed E-state index contributed by atoms with van der Waals surface area (Å²) in [4.78, 5) is 12.4. The first kappa shape index (κ1) is 23.3. The fraction of sp³-hybridized carbons (Fsp3) is 0.174. The summed E-state index contributed by atoms with van der Waals surface area (Å²) in [5.74, 6) is 2.18. The van der Waals surface area contributed by atoms with Crippen molar-refractivity contribution in [3.63, 3.8) is 0 Å². The topological polar surface area (TPSA) is 73.9 Å². The minimum Gasteiger partial charge on any atom is -0.497 e. The smallest absolute Gasteiger partial charge is 0.193 e. The molecule has 158 valence electrons. The summed E-state index contributed by atoms with van der Waals surface area (Å²) < 4.78 is 25.0. The Morgan fingerprint density at radius 2 is 1.23 bits per heavy atom. The molecule has 0 fully saturated rings. The summed E-state index contributed by atoms with van der Waals surface area (Å²) in [7, 11) is 3.18. The van der Waals surface area contributed by atoms with Crippen LogP contribution in [0.1, 0.15) is 21.5 Å². The normalized spacial score (nSPS) is 11.1. The van der Waals surface area contributed by atoms with E-state index in [2.05, 4.69) is 9.76 Å². The average Bonchev–Trinajstić information content (AvgIpc) is 2.75. The lowest BCUT2D eigenvalue weighted by Gasteiger charge is -2.07. The lowest BCUT2D eigenvalue weighted by molar-refractivity contribution is 0.103. The highest BCUT2D eigenvalue weighted by molar-refractivity contribution is 7.79. The van der Waals surface area contributed by atoms with Crippen LogP contribution in [0.2, 0.25) is 0 Å². The third-order valence-corrected chi connectivity index (χ3v) is 4.33. The molecule has 3 aromatic rings. The quantitative estimate of drug-likeness (QED) is 0.443. The zero-order valence-electron chi connectivity index (χ0n) is 17.4. The minimum atomic E-state index is -1.18. The Bertz CT molecular complexity index is 954. The van der Waals surface area contributed by atoms with E-state index < -0.39 is 11.1 Å². The number of aryl methyl sites for hydroxylation is 1. The van der Waals surface area contributed by atoms with Crippen LogP contribution < -0.4 is 15.0 Å². The Kier molecular flexibility index (Phi) is 9.21. The number of nitrogens with one attached hydrogen (secondary N) is 1. The van der Waals surface area contributed by atoms with Gasteiger partial charge in [0.2, 0.25) is 0 Å². The van der Waals surface area contributed by atoms with Gasteiger partial charge in [-0.15, -0.1) is 0 Å². The molecule has 1 atom stereocenters. The second-order valence-electron chi connectivity index (χ2n) is 6.19. The SMILES string of the molecule is CNOS(C)=O.COc1ccc(Oc2ccc(C(=O)c3ccc(C)cc3)cc2)cc1. The Morgan fingerprint density at radius 3 is 1.63 bits per heavy atom. The molecule has 1 N–H and O–H groups in total. The predicted molar refractivity (Wildman–Crippen MR) is 118 cm³/mol. The number of ketones is 1. The van der Waals surface area contributed by atoms with E-state index in [4.69, 9.17) is 9.47 Å². The third kappa shape index (κ3) is 7.44. The number of ether oxygens (including phenoxy) is 2. The first-order valence-electron chi connectivity index (χ1n) is 9.13. The van der Waals surface area contributed by atoms with Crippen LogP contribution in [0.3, 0.4) is 0 Å². The fourth-order valence-electron chi connectivity index (χ4n) is 2.44. The molecule has 0 saturated carbocycles. The lowest BCUT2D eigenvalue weighted by Crippen LogP contribution is -2.07. The van der Waals surface area contributed by atoms with Gasteiger partial charge in [0.15, 0.2) is 16.9 Å². The van der Waals surface area contributed by atoms with Crippen LogP contribution in [0.5, 0.6) is 17.2 Å². The van der Waals surface area contributed by atoms with Crippen molar-refractivity contribution < 1.29 is 22.8 Å². The standard InChI is InChI=1S/C21H18O3.C2H7NO2S/c1-15-3-5-16(6-4-15)21(22)17-7-9-19(10-8-17)24-20-13-11-18(23-2)12-14-20;1-3-5-6(2)4/h3-14H,1-2H3;3H,1-2H3. The van der Waals surface area contributed by atoms with Crippen LogP contribution in [-0.2, 0) is 15.4 Å². The van der Waals surface area contributed by atoms with E-state index in [1.54, 1.807) is 38.4 Å². The third-order valence-electron chi connectivity index (χ3n) is 3.93. The van der Waals surface area contributed by atoms with Crippen molar-refractivity contribution in [2.45, 2.75) is 6.92 Å². The molecule has 30 heavy (non-hydrogen) atoms. The number of hydroxylamine groups is 1. The Morgan fingerprint density at radius 1 is 0.800 bits per heavy atom. The van der Waals surface area contributed by atoms with Crippen LogP contribution in [0, 0.1) is 6.92 Å². The molecule has 0 radical (unpaired) electrons. The van der Waals surface area contributed by atoms with Crippen LogP contribution in [0.4, 0.5) is 0 Å². The maximum Gasteiger partial charge on any atom is 0.193 e. The number of rotatable bonds is 7. The van der Waals surface area contributed by atoms with Crippen molar-refractivity contribution in [1.82, 2.24) is 5.48 Å². The van der Waals surface area contributed by atoms with Gasteiger partial charge in [0, 0.05) is 24.4 Å². The number of hydrogen-bond acceptors (Lipinski definition) is 6. The predicted octanol–water partition coefficient (Wildman–Crippen LogP) is 4.46. The molecule has 7 heteroatoms. The maximum absolute atomic E-state index is 12.4. The zero-order chi connectivity index (χ0) is 21.9. The van der Waals surface area contributed by atoms with Gasteiger partial charge in [-0.2, -0.15) is 5.48 Å². The van der Waals surface area contributed by atoms with Crippen molar-refractivity contribution in [3.05, 3.63) is 89.5 Å². The van der Waals surface area contributed by atoms with Crippen molar-refractivity contribution in [2.24, 2.45) is 0 Å². The summed E-state index contributed by atoms with van der Waals surface area (Å²) in [5, 5.41) is 0. The van der Waals surface area contributed by atoms with Crippen LogP contribution in [0.15, 0.2) is 72.8 Å². The molecule has 0 amide bonds. The Labute approximate surface area is 179 Å². The van der Waals surface area contributed by atoms with Gasteiger partial charge >= 0.3 is 0 Å². The Hall–Kier alpha value is -3.00. The minimum absolute atomic E-state index is 0.00555. The highest BCUT2D eigenvalue weighted by Crippen LogP contribution is 2.24. The van der Waals surface area contributed by atoms with Crippen molar-refractivity contribution in [3.8, 4) is 17.2 Å². The molecular weight excluding hydrogens is 402 g/mol. The van der Waals surface area contributed by atoms with E-state index in [9.17, 15) is 9.00 Å². The summed E-state index contributed by atoms with van der Waals surface area (Å²) in [6, 6.07) is 22.1. The number of hydrogen-bond donors (Lipinski definition) is 1. The van der Waals surface area contributed by atoms with Crippen LogP contribution in [-0.4, -0.2) is 30.4 Å². The van der Waals surface area contributed by atoms with Crippen molar-refractivity contribution in [2.75, 3.05) is 20.4 Å². The molecule has 0 heterocycles. The Balaban J connectivity index is 0.000000469. The average molecular weight is 428 g/mol. The summed E-state index contributed by atoms with van der Waals surface area (Å²) in [5.41, 5.74) is 4.73. The maximum atomic E-state index is 12.4. The second-order valence-corrected chi connectivity index (χ2v) is 7.16. The summed E-state index contributed by atoms with van der Waals surface area (Å²) >= 11 is -1.18. The molecule has 0 bridgehead atoms. The first-order chi connectivity index (χ1) is 14.4. The van der Waals surface area contributed by atoms with Crippen LogP contribution in [0.25, 0.3) is 0 Å². The fourth-order valence-corrected chi connectivity index (χ4v) is 2.68. The molecule has 6 nitrogen and oxygen atoms in total. The van der Waals surface area contributed by atoms with E-state index >= 15 is 0 Å². The monoisotopic (exact) mass is 427 g/mol. The van der Waals surface area contributed by atoms with Gasteiger partial charge in [-0.1, -0.05) is 29.8 Å². The van der Waals surface area contributed by atoms with Gasteiger partial charge in [0.1, 0.15) is 17.2 Å². The van der Waals surface area contributed by atoms with E-state index in [1.807, 2.05) is 55.5 Å². The molecule has 3 rings (SSSR count). The van der Waals surface area contributed by atoms with E-state index in [1.165, 1.54) is 6.26 Å². The first-order valence-corrected chi connectivity index (χ1v) is 10.6. The zero-order valence-corrected chi connectivity index (χ0v) is 18.2. The molecule has 0 aliphatic heterocycles. The number of benzene rings is 3. The van der Waals surface area contributed by atoms with E-state index in [0.717, 1.165) is 11.3 Å². The summed E-state index contributed by atoms with van der Waals surface area (Å²) in [6.45, 7) is 2.00. The van der Waals surface area contributed by atoms with E-state index in [-0.39, 0.29) is 5.78 Å².